The molecule has 0 saturated carbocycles. The minimum absolute atomic E-state index is 0.0827. The van der Waals surface area contributed by atoms with E-state index in [2.05, 4.69) is 39.4 Å². The van der Waals surface area contributed by atoms with E-state index in [1.54, 1.807) is 16.4 Å². The average Bonchev–Trinajstić information content (AvgIpc) is 3.49. The first-order chi connectivity index (χ1) is 18.9. The van der Waals surface area contributed by atoms with Crippen molar-refractivity contribution in [3.63, 3.8) is 0 Å². The second-order valence-corrected chi connectivity index (χ2v) is 13.2. The van der Waals surface area contributed by atoms with Crippen LogP contribution in [0.3, 0.4) is 0 Å². The number of anilines is 1. The number of sulfonamides is 1. The molecular formula is C30H39FN4O3S. The van der Waals surface area contributed by atoms with Crippen molar-refractivity contribution < 1.29 is 17.2 Å². The van der Waals surface area contributed by atoms with Gasteiger partial charge in [-0.15, -0.1) is 10.2 Å². The Morgan fingerprint density at radius 2 is 1.79 bits per heavy atom. The minimum Gasteiger partial charge on any atom is -0.428 e. The Balaban J connectivity index is 1.15. The lowest BCUT2D eigenvalue weighted by atomic mass is 9.96. The van der Waals surface area contributed by atoms with E-state index in [4.69, 9.17) is 4.42 Å². The van der Waals surface area contributed by atoms with Gasteiger partial charge in [-0.2, -0.15) is 4.31 Å². The Morgan fingerprint density at radius 1 is 1.00 bits per heavy atom. The summed E-state index contributed by atoms with van der Waals surface area (Å²) >= 11 is 0. The third-order valence-electron chi connectivity index (χ3n) is 8.43. The summed E-state index contributed by atoms with van der Waals surface area (Å²) in [7, 11) is -3.49. The van der Waals surface area contributed by atoms with Gasteiger partial charge in [-0.25, -0.2) is 12.8 Å². The molecule has 2 aliphatic heterocycles. The molecular weight excluding hydrogens is 515 g/mol. The van der Waals surface area contributed by atoms with Gasteiger partial charge in [-0.1, -0.05) is 49.2 Å². The number of hydrogen-bond donors (Lipinski definition) is 0. The molecule has 0 spiro atoms. The molecule has 2 atom stereocenters. The summed E-state index contributed by atoms with van der Waals surface area (Å²) in [6.07, 6.45) is 9.23. The molecule has 210 valence electrons. The van der Waals surface area contributed by atoms with Crippen LogP contribution in [0.5, 0.6) is 0 Å². The summed E-state index contributed by atoms with van der Waals surface area (Å²) in [6, 6.07) is 15.5. The molecule has 2 fully saturated rings. The van der Waals surface area contributed by atoms with Crippen molar-refractivity contribution in [2.75, 3.05) is 18.0 Å². The van der Waals surface area contributed by atoms with Gasteiger partial charge >= 0.3 is 0 Å². The van der Waals surface area contributed by atoms with Gasteiger partial charge in [0.25, 0.3) is 0 Å². The van der Waals surface area contributed by atoms with Gasteiger partial charge < -0.3 is 9.32 Å². The van der Waals surface area contributed by atoms with E-state index in [0.717, 1.165) is 63.7 Å². The number of rotatable bonds is 10. The van der Waals surface area contributed by atoms with E-state index in [1.165, 1.54) is 12.0 Å². The van der Waals surface area contributed by atoms with Gasteiger partial charge in [0.15, 0.2) is 0 Å². The predicted octanol–water partition coefficient (Wildman–Crippen LogP) is 6.08. The monoisotopic (exact) mass is 554 g/mol. The normalized spacial score (nSPS) is 22.3. The minimum atomic E-state index is -3.49. The lowest BCUT2D eigenvalue weighted by molar-refractivity contribution is 0.275. The number of unbranched alkanes of at least 4 members (excludes halogenated alkanes) is 2. The fourth-order valence-electron chi connectivity index (χ4n) is 6.00. The van der Waals surface area contributed by atoms with E-state index >= 15 is 4.39 Å². The number of nitrogens with zero attached hydrogens (tertiary/aromatic N) is 4. The molecule has 3 heterocycles. The largest absolute Gasteiger partial charge is 0.428 e. The van der Waals surface area contributed by atoms with Crippen LogP contribution in [0.1, 0.15) is 81.2 Å². The number of benzene rings is 2. The maximum absolute atomic E-state index is 15.3. The summed E-state index contributed by atoms with van der Waals surface area (Å²) < 4.78 is 49.3. The lowest BCUT2D eigenvalue weighted by Gasteiger charge is -2.37. The third-order valence-corrected chi connectivity index (χ3v) is 10.9. The maximum Gasteiger partial charge on any atom is 0.219 e. The molecule has 3 aromatic rings. The molecule has 5 rings (SSSR count). The summed E-state index contributed by atoms with van der Waals surface area (Å²) in [5.74, 6) is 0.547. The van der Waals surface area contributed by atoms with Crippen LogP contribution in [-0.4, -0.2) is 47.3 Å². The van der Waals surface area contributed by atoms with Crippen molar-refractivity contribution in [2.24, 2.45) is 0 Å². The Morgan fingerprint density at radius 3 is 2.51 bits per heavy atom. The molecule has 0 aliphatic carbocycles. The smallest absolute Gasteiger partial charge is 0.219 e. The molecule has 0 amide bonds. The van der Waals surface area contributed by atoms with Gasteiger partial charge in [0.2, 0.25) is 22.3 Å². The fraction of sp³-hybridized carbons (Fsp3) is 0.533. The SMILES string of the molecule is CC1CCC(CCCCCc2ccccc2)S(=O)(=O)N1Cc1ccc(N2CCC(c3nnco3)CC2)cc1F. The molecule has 2 aliphatic rings. The zero-order valence-electron chi connectivity index (χ0n) is 22.7. The highest BCUT2D eigenvalue weighted by molar-refractivity contribution is 7.89. The van der Waals surface area contributed by atoms with Gasteiger partial charge in [0.05, 0.1) is 5.25 Å². The quantitative estimate of drug-likeness (QED) is 0.283. The number of aryl methyl sites for hydroxylation is 1. The van der Waals surface area contributed by atoms with Crippen molar-refractivity contribution >= 4 is 15.7 Å². The highest BCUT2D eigenvalue weighted by atomic mass is 32.2. The van der Waals surface area contributed by atoms with E-state index < -0.39 is 10.0 Å². The second-order valence-electron chi connectivity index (χ2n) is 11.0. The van der Waals surface area contributed by atoms with Crippen LogP contribution in [0.25, 0.3) is 0 Å². The molecule has 9 heteroatoms. The van der Waals surface area contributed by atoms with Crippen molar-refractivity contribution in [3.05, 3.63) is 77.8 Å². The molecule has 2 unspecified atom stereocenters. The zero-order chi connectivity index (χ0) is 27.2. The van der Waals surface area contributed by atoms with Crippen LogP contribution in [0.15, 0.2) is 59.3 Å². The van der Waals surface area contributed by atoms with Gasteiger partial charge in [0.1, 0.15) is 5.82 Å². The first-order valence-corrected chi connectivity index (χ1v) is 15.8. The predicted molar refractivity (Wildman–Crippen MR) is 150 cm³/mol. The summed E-state index contributed by atoms with van der Waals surface area (Å²) in [5, 5.41) is 7.42. The van der Waals surface area contributed by atoms with Crippen LogP contribution in [0.2, 0.25) is 0 Å². The Bertz CT molecular complexity index is 1300. The summed E-state index contributed by atoms with van der Waals surface area (Å²) in [6.45, 7) is 3.57. The standard InChI is InChI=1S/C30H39FN4O3S/c1-23-12-15-28(11-7-3-6-10-24-8-4-2-5-9-24)39(36,37)35(23)21-26-13-14-27(20-29(26)31)34-18-16-25(17-19-34)30-33-32-22-38-30/h2,4-5,8-9,13-14,20,22-23,25,28H,3,6-7,10-12,15-19,21H2,1H3. The van der Waals surface area contributed by atoms with Gasteiger partial charge in [-0.05, 0) is 69.6 Å². The highest BCUT2D eigenvalue weighted by Gasteiger charge is 2.39. The van der Waals surface area contributed by atoms with Crippen LogP contribution in [-0.2, 0) is 23.0 Å². The lowest BCUT2D eigenvalue weighted by Crippen LogP contribution is -2.48. The first kappa shape index (κ1) is 27.8. The second kappa shape index (κ2) is 12.6. The van der Waals surface area contributed by atoms with E-state index in [0.29, 0.717) is 24.3 Å². The number of halogens is 1. The Hall–Kier alpha value is -2.78. The third kappa shape index (κ3) is 6.69. The van der Waals surface area contributed by atoms with Crippen LogP contribution in [0.4, 0.5) is 10.1 Å². The molecule has 39 heavy (non-hydrogen) atoms. The first-order valence-electron chi connectivity index (χ1n) is 14.3. The fourth-order valence-corrected chi connectivity index (χ4v) is 8.20. The van der Waals surface area contributed by atoms with Crippen molar-refractivity contribution in [2.45, 2.75) is 88.5 Å². The summed E-state index contributed by atoms with van der Waals surface area (Å²) in [4.78, 5) is 2.16. The number of aromatic nitrogens is 2. The highest BCUT2D eigenvalue weighted by Crippen LogP contribution is 2.33. The van der Waals surface area contributed by atoms with Crippen molar-refractivity contribution in [3.8, 4) is 0 Å². The zero-order valence-corrected chi connectivity index (χ0v) is 23.5. The molecule has 7 nitrogen and oxygen atoms in total. The van der Waals surface area contributed by atoms with E-state index in [9.17, 15) is 8.42 Å². The molecule has 0 N–H and O–H groups in total. The van der Waals surface area contributed by atoms with Crippen LogP contribution in [0, 0.1) is 5.82 Å². The van der Waals surface area contributed by atoms with Crippen molar-refractivity contribution in [1.82, 2.24) is 14.5 Å². The Labute approximate surface area is 231 Å². The van der Waals surface area contributed by atoms with Crippen LogP contribution >= 0.6 is 0 Å². The molecule has 0 radical (unpaired) electrons. The summed E-state index contributed by atoms with van der Waals surface area (Å²) in [5.41, 5.74) is 2.57. The molecule has 0 bridgehead atoms. The topological polar surface area (TPSA) is 79.5 Å². The van der Waals surface area contributed by atoms with Gasteiger partial charge in [0, 0.05) is 42.8 Å². The number of piperidine rings is 1. The Kier molecular flexibility index (Phi) is 8.97. The average molecular weight is 555 g/mol. The van der Waals surface area contributed by atoms with Crippen molar-refractivity contribution in [1.29, 1.82) is 0 Å². The molecule has 2 aromatic carbocycles. The van der Waals surface area contributed by atoms with Crippen LogP contribution < -0.4 is 4.90 Å². The van der Waals surface area contributed by atoms with E-state index in [1.807, 2.05) is 19.1 Å². The van der Waals surface area contributed by atoms with Gasteiger partial charge in [-0.3, -0.25) is 0 Å². The maximum atomic E-state index is 15.3. The molecule has 1 aromatic heterocycles. The number of hydrogen-bond acceptors (Lipinski definition) is 6. The van der Waals surface area contributed by atoms with E-state index in [-0.39, 0.29) is 29.6 Å². The molecule has 2 saturated heterocycles.